The average Bonchev–Trinajstić information content (AvgIpc) is 3.05. The lowest BCUT2D eigenvalue weighted by Crippen LogP contribution is -2.33. The van der Waals surface area contributed by atoms with Crippen LogP contribution >= 0.6 is 0 Å². The van der Waals surface area contributed by atoms with Crippen LogP contribution in [0.2, 0.25) is 0 Å². The second-order valence-corrected chi connectivity index (χ2v) is 5.12. The molecule has 0 aliphatic carbocycles. The Kier molecular flexibility index (Phi) is 4.28. The summed E-state index contributed by atoms with van der Waals surface area (Å²) in [5.74, 6) is 0.392. The van der Waals surface area contributed by atoms with Gasteiger partial charge in [-0.05, 0) is 0 Å². The quantitative estimate of drug-likeness (QED) is 0.343. The maximum absolute atomic E-state index is 10.2. The number of ether oxygens (including phenoxy) is 1. The molecule has 3 rings (SSSR count). The van der Waals surface area contributed by atoms with E-state index >= 15 is 0 Å². The molecular weight excluding hydrogens is 308 g/mol. The predicted molar refractivity (Wildman–Crippen MR) is 78.3 cm³/mol. The third-order valence-electron chi connectivity index (χ3n) is 3.67. The minimum atomic E-state index is -1.30. The van der Waals surface area contributed by atoms with Gasteiger partial charge in [-0.3, -0.25) is 4.57 Å². The fraction of sp³-hybridized carbons (Fsp3) is 0.583. The third kappa shape index (κ3) is 2.58. The lowest BCUT2D eigenvalue weighted by Gasteiger charge is -2.19. The third-order valence-corrected chi connectivity index (χ3v) is 3.67. The molecule has 0 bridgehead atoms. The van der Waals surface area contributed by atoms with Crippen LogP contribution in [0.5, 0.6) is 0 Å². The number of rotatable bonds is 5. The highest BCUT2D eigenvalue weighted by Gasteiger charge is 2.45. The number of nitrogens with one attached hydrogen (secondary N) is 1. The number of hydrogen-bond acceptors (Lipinski definition) is 10. The van der Waals surface area contributed by atoms with Crippen LogP contribution in [-0.4, -0.2) is 78.0 Å². The normalized spacial score (nSPS) is 27.7. The van der Waals surface area contributed by atoms with Gasteiger partial charge in [0.05, 0.1) is 13.2 Å². The van der Waals surface area contributed by atoms with Gasteiger partial charge in [-0.25, -0.2) is 15.0 Å². The topological polar surface area (TPSA) is 172 Å². The molecule has 0 spiro atoms. The number of aliphatic hydroxyl groups is 4. The van der Waals surface area contributed by atoms with Gasteiger partial charge in [0.15, 0.2) is 23.2 Å². The zero-order valence-electron chi connectivity index (χ0n) is 12.1. The number of anilines is 2. The molecule has 1 saturated heterocycles. The minimum absolute atomic E-state index is 0.139. The fourth-order valence-corrected chi connectivity index (χ4v) is 2.55. The number of aliphatic hydroxyl groups excluding tert-OH is 4. The molecule has 2 aromatic rings. The summed E-state index contributed by atoms with van der Waals surface area (Å²) < 4.78 is 6.94. The number of hydrogen-bond donors (Lipinski definition) is 6. The first-order chi connectivity index (χ1) is 11.1. The Hall–Kier alpha value is -2.05. The van der Waals surface area contributed by atoms with E-state index in [9.17, 15) is 15.3 Å². The van der Waals surface area contributed by atoms with Crippen molar-refractivity contribution in [3.8, 4) is 0 Å². The van der Waals surface area contributed by atoms with E-state index in [4.69, 9.17) is 15.6 Å². The van der Waals surface area contributed by atoms with Crippen LogP contribution in [0.1, 0.15) is 6.23 Å². The minimum Gasteiger partial charge on any atom is -0.395 e. The first-order valence-electron chi connectivity index (χ1n) is 7.04. The first-order valence-corrected chi connectivity index (χ1v) is 7.04. The van der Waals surface area contributed by atoms with Gasteiger partial charge < -0.3 is 36.2 Å². The molecule has 1 unspecified atom stereocenters. The second kappa shape index (κ2) is 6.22. The molecule has 11 heteroatoms. The molecule has 1 fully saturated rings. The van der Waals surface area contributed by atoms with E-state index < -0.39 is 31.1 Å². The van der Waals surface area contributed by atoms with Gasteiger partial charge in [-0.15, -0.1) is 0 Å². The van der Waals surface area contributed by atoms with Crippen LogP contribution in [0.25, 0.3) is 11.2 Å². The lowest BCUT2D eigenvalue weighted by molar-refractivity contribution is -0.0501. The van der Waals surface area contributed by atoms with Crippen molar-refractivity contribution in [2.24, 2.45) is 0 Å². The van der Waals surface area contributed by atoms with Gasteiger partial charge in [0.1, 0.15) is 24.6 Å². The van der Waals surface area contributed by atoms with Crippen LogP contribution in [0, 0.1) is 0 Å². The summed E-state index contributed by atoms with van der Waals surface area (Å²) in [6.45, 7) is -0.385. The number of imidazole rings is 1. The van der Waals surface area contributed by atoms with Crippen LogP contribution in [0.3, 0.4) is 0 Å². The van der Waals surface area contributed by atoms with E-state index in [-0.39, 0.29) is 24.9 Å². The van der Waals surface area contributed by atoms with Crippen molar-refractivity contribution >= 4 is 22.9 Å². The lowest BCUT2D eigenvalue weighted by atomic mass is 10.1. The zero-order valence-corrected chi connectivity index (χ0v) is 12.1. The number of nitrogens with two attached hydrogens (primary N) is 1. The summed E-state index contributed by atoms with van der Waals surface area (Å²) in [5, 5.41) is 41.2. The molecule has 4 atom stereocenters. The number of aromatic nitrogens is 4. The van der Waals surface area contributed by atoms with Crippen molar-refractivity contribution in [2.75, 3.05) is 30.8 Å². The standard InChI is InChI=1S/C12H18N6O5/c13-9-6-10(16-4-15-9)18(12(17-6)14-1-2-19)11-8(22)7(21)5(3-20)23-11/h4-5,7-8,11,19-22H,1-3H2,(H,14,17)(H2,13,15,16)/t5-,7-,8-,11?/m1/s1. The molecule has 3 heterocycles. The first kappa shape index (κ1) is 15.8. The summed E-state index contributed by atoms with van der Waals surface area (Å²) >= 11 is 0. The number of fused-ring (bicyclic) bond motifs is 1. The Morgan fingerprint density at radius 2 is 2.04 bits per heavy atom. The highest BCUT2D eigenvalue weighted by Crippen LogP contribution is 2.34. The summed E-state index contributed by atoms with van der Waals surface area (Å²) in [6, 6.07) is 0. The molecular formula is C12H18N6O5. The van der Waals surface area contributed by atoms with Crippen molar-refractivity contribution in [3.05, 3.63) is 6.33 Å². The highest BCUT2D eigenvalue weighted by atomic mass is 16.6. The predicted octanol–water partition coefficient (Wildman–Crippen LogP) is -2.58. The second-order valence-electron chi connectivity index (χ2n) is 5.12. The van der Waals surface area contributed by atoms with E-state index in [0.29, 0.717) is 11.2 Å². The Morgan fingerprint density at radius 3 is 2.70 bits per heavy atom. The van der Waals surface area contributed by atoms with E-state index in [1.807, 2.05) is 0 Å². The molecule has 0 radical (unpaired) electrons. The molecule has 0 aromatic carbocycles. The van der Waals surface area contributed by atoms with Crippen molar-refractivity contribution in [1.29, 1.82) is 0 Å². The average molecular weight is 326 g/mol. The molecule has 1 aliphatic rings. The Labute approximate surface area is 130 Å². The monoisotopic (exact) mass is 326 g/mol. The van der Waals surface area contributed by atoms with E-state index in [0.717, 1.165) is 0 Å². The molecule has 1 aliphatic heterocycles. The SMILES string of the molecule is Nc1ncnc2c1nc(NCCO)n2C1O[C@H](CO)[C@@H](O)[C@H]1O. The Bertz CT molecular complexity index is 694. The largest absolute Gasteiger partial charge is 0.395 e. The smallest absolute Gasteiger partial charge is 0.207 e. The molecule has 2 aromatic heterocycles. The maximum Gasteiger partial charge on any atom is 0.207 e. The summed E-state index contributed by atoms with van der Waals surface area (Å²) in [6.07, 6.45) is -3.27. The van der Waals surface area contributed by atoms with Crippen LogP contribution in [0.4, 0.5) is 11.8 Å². The van der Waals surface area contributed by atoms with Gasteiger partial charge in [-0.1, -0.05) is 0 Å². The molecule has 126 valence electrons. The van der Waals surface area contributed by atoms with Crippen molar-refractivity contribution in [2.45, 2.75) is 24.5 Å². The fourth-order valence-electron chi connectivity index (χ4n) is 2.55. The Morgan fingerprint density at radius 1 is 1.26 bits per heavy atom. The van der Waals surface area contributed by atoms with Gasteiger partial charge >= 0.3 is 0 Å². The maximum atomic E-state index is 10.2. The molecule has 0 amide bonds. The summed E-state index contributed by atoms with van der Waals surface area (Å²) in [7, 11) is 0. The summed E-state index contributed by atoms with van der Waals surface area (Å²) in [4.78, 5) is 12.2. The highest BCUT2D eigenvalue weighted by molar-refractivity contribution is 5.84. The van der Waals surface area contributed by atoms with Crippen molar-refractivity contribution in [3.63, 3.8) is 0 Å². The van der Waals surface area contributed by atoms with Crippen molar-refractivity contribution in [1.82, 2.24) is 19.5 Å². The molecule has 0 saturated carbocycles. The van der Waals surface area contributed by atoms with Crippen molar-refractivity contribution < 1.29 is 25.2 Å². The van der Waals surface area contributed by atoms with Crippen LogP contribution in [-0.2, 0) is 4.74 Å². The molecule has 23 heavy (non-hydrogen) atoms. The van der Waals surface area contributed by atoms with Gasteiger partial charge in [0, 0.05) is 6.54 Å². The Balaban J connectivity index is 2.09. The number of nitrogen functional groups attached to an aromatic ring is 1. The van der Waals surface area contributed by atoms with E-state index in [1.54, 1.807) is 0 Å². The number of nitrogens with zero attached hydrogens (tertiary/aromatic N) is 4. The molecule has 7 N–H and O–H groups in total. The zero-order chi connectivity index (χ0) is 16.6. The van der Waals surface area contributed by atoms with Gasteiger partial charge in [0.25, 0.3) is 0 Å². The van der Waals surface area contributed by atoms with E-state index in [1.165, 1.54) is 10.9 Å². The van der Waals surface area contributed by atoms with Gasteiger partial charge in [0.2, 0.25) is 5.95 Å². The van der Waals surface area contributed by atoms with Gasteiger partial charge in [-0.2, -0.15) is 0 Å². The van der Waals surface area contributed by atoms with Crippen LogP contribution in [0.15, 0.2) is 6.33 Å². The van der Waals surface area contributed by atoms with E-state index in [2.05, 4.69) is 20.3 Å². The summed E-state index contributed by atoms with van der Waals surface area (Å²) in [5.41, 5.74) is 6.38. The van der Waals surface area contributed by atoms with Crippen LogP contribution < -0.4 is 11.1 Å². The molecule has 11 nitrogen and oxygen atoms in total.